The minimum Gasteiger partial charge on any atom is -0.318 e. The van der Waals surface area contributed by atoms with E-state index in [1.54, 1.807) is 12.1 Å². The van der Waals surface area contributed by atoms with E-state index in [1.165, 1.54) is 24.9 Å². The average Bonchev–Trinajstić information content (AvgIpc) is 2.31. The molecule has 1 amide bonds. The Morgan fingerprint density at radius 3 is 2.73 bits per heavy atom. The fraction of sp³-hybridized carbons (Fsp3) is 0. The number of nitrogens with zero attached hydrogens (tertiary/aromatic N) is 4. The Kier molecular flexibility index (Phi) is 2.59. The maximum Gasteiger partial charge on any atom is 0.276 e. The Morgan fingerprint density at radius 1 is 1.27 bits per heavy atom. The fourth-order valence-electron chi connectivity index (χ4n) is 0.981. The summed E-state index contributed by atoms with van der Waals surface area (Å²) in [6.45, 7) is 0. The standard InChI is InChI=1S/C9H7N5O/c15-9(8-2-1-3-12-14-8)13-7-4-10-6-11-5-7/h1-6H,(H,13,15). The highest BCUT2D eigenvalue weighted by atomic mass is 16.1. The monoisotopic (exact) mass is 201 g/mol. The van der Waals surface area contributed by atoms with Crippen LogP contribution in [0.2, 0.25) is 0 Å². The van der Waals surface area contributed by atoms with Gasteiger partial charge in [0.15, 0.2) is 5.69 Å². The van der Waals surface area contributed by atoms with Gasteiger partial charge in [0.25, 0.3) is 5.91 Å². The second-order valence-electron chi connectivity index (χ2n) is 2.69. The van der Waals surface area contributed by atoms with Crippen LogP contribution in [0, 0.1) is 0 Å². The highest BCUT2D eigenvalue weighted by Crippen LogP contribution is 2.02. The van der Waals surface area contributed by atoms with Gasteiger partial charge in [-0.25, -0.2) is 9.97 Å². The van der Waals surface area contributed by atoms with Crippen molar-refractivity contribution in [2.45, 2.75) is 0 Å². The van der Waals surface area contributed by atoms with Gasteiger partial charge in [-0.05, 0) is 12.1 Å². The van der Waals surface area contributed by atoms with Crippen LogP contribution in [-0.4, -0.2) is 26.1 Å². The molecule has 0 bridgehead atoms. The van der Waals surface area contributed by atoms with E-state index in [0.717, 1.165) is 0 Å². The van der Waals surface area contributed by atoms with Crippen molar-refractivity contribution in [2.75, 3.05) is 5.32 Å². The van der Waals surface area contributed by atoms with E-state index in [-0.39, 0.29) is 11.6 Å². The minimum absolute atomic E-state index is 0.251. The van der Waals surface area contributed by atoms with Gasteiger partial charge in [0.1, 0.15) is 6.33 Å². The number of aromatic nitrogens is 4. The van der Waals surface area contributed by atoms with E-state index in [2.05, 4.69) is 25.5 Å². The topological polar surface area (TPSA) is 80.7 Å². The van der Waals surface area contributed by atoms with Crippen molar-refractivity contribution in [3.05, 3.63) is 42.7 Å². The van der Waals surface area contributed by atoms with Crippen LogP contribution in [-0.2, 0) is 0 Å². The summed E-state index contributed by atoms with van der Waals surface area (Å²) in [4.78, 5) is 19.1. The lowest BCUT2D eigenvalue weighted by Crippen LogP contribution is -2.14. The third kappa shape index (κ3) is 2.31. The first kappa shape index (κ1) is 9.20. The summed E-state index contributed by atoms with van der Waals surface area (Å²) < 4.78 is 0. The molecular weight excluding hydrogens is 194 g/mol. The summed E-state index contributed by atoms with van der Waals surface area (Å²) in [5.74, 6) is -0.335. The molecule has 15 heavy (non-hydrogen) atoms. The van der Waals surface area contributed by atoms with Crippen molar-refractivity contribution in [2.24, 2.45) is 0 Å². The van der Waals surface area contributed by atoms with Crippen LogP contribution in [0.15, 0.2) is 37.1 Å². The smallest absolute Gasteiger partial charge is 0.276 e. The van der Waals surface area contributed by atoms with Gasteiger partial charge in [0.05, 0.1) is 18.1 Å². The van der Waals surface area contributed by atoms with E-state index in [9.17, 15) is 4.79 Å². The molecule has 74 valence electrons. The van der Waals surface area contributed by atoms with Gasteiger partial charge in [0, 0.05) is 6.20 Å². The second kappa shape index (κ2) is 4.23. The lowest BCUT2D eigenvalue weighted by Gasteiger charge is -2.01. The number of rotatable bonds is 2. The van der Waals surface area contributed by atoms with E-state index >= 15 is 0 Å². The molecule has 6 heteroatoms. The van der Waals surface area contributed by atoms with Crippen molar-refractivity contribution >= 4 is 11.6 Å². The molecule has 0 unspecified atom stereocenters. The molecule has 0 aliphatic heterocycles. The zero-order valence-electron chi connectivity index (χ0n) is 7.66. The summed E-state index contributed by atoms with van der Waals surface area (Å²) in [6, 6.07) is 3.22. The molecule has 0 saturated carbocycles. The van der Waals surface area contributed by atoms with Crippen molar-refractivity contribution in [1.82, 2.24) is 20.2 Å². The predicted octanol–water partition coefficient (Wildman–Crippen LogP) is 0.519. The maximum atomic E-state index is 11.5. The van der Waals surface area contributed by atoms with Gasteiger partial charge in [0.2, 0.25) is 0 Å². The lowest BCUT2D eigenvalue weighted by atomic mass is 10.3. The minimum atomic E-state index is -0.335. The number of hydrogen-bond acceptors (Lipinski definition) is 5. The lowest BCUT2D eigenvalue weighted by molar-refractivity contribution is 0.102. The van der Waals surface area contributed by atoms with Crippen LogP contribution in [0.3, 0.4) is 0 Å². The highest BCUT2D eigenvalue weighted by Gasteiger charge is 2.06. The Hall–Kier alpha value is -2.37. The van der Waals surface area contributed by atoms with E-state index in [0.29, 0.717) is 5.69 Å². The maximum absolute atomic E-state index is 11.5. The third-order valence-corrected chi connectivity index (χ3v) is 1.62. The number of carbonyl (C=O) groups is 1. The van der Waals surface area contributed by atoms with Crippen LogP contribution in [0.5, 0.6) is 0 Å². The third-order valence-electron chi connectivity index (χ3n) is 1.62. The summed E-state index contributed by atoms with van der Waals surface area (Å²) >= 11 is 0. The zero-order valence-corrected chi connectivity index (χ0v) is 7.66. The first-order valence-electron chi connectivity index (χ1n) is 4.20. The van der Waals surface area contributed by atoms with Crippen LogP contribution in [0.1, 0.15) is 10.5 Å². The normalized spacial score (nSPS) is 9.60. The van der Waals surface area contributed by atoms with Crippen LogP contribution in [0.25, 0.3) is 0 Å². The molecule has 0 fully saturated rings. The summed E-state index contributed by atoms with van der Waals surface area (Å²) in [5.41, 5.74) is 0.773. The Morgan fingerprint density at radius 2 is 2.07 bits per heavy atom. The quantitative estimate of drug-likeness (QED) is 0.766. The average molecular weight is 201 g/mol. The number of anilines is 1. The van der Waals surface area contributed by atoms with E-state index in [4.69, 9.17) is 0 Å². The van der Waals surface area contributed by atoms with Crippen molar-refractivity contribution in [3.63, 3.8) is 0 Å². The Balaban J connectivity index is 2.12. The van der Waals surface area contributed by atoms with Gasteiger partial charge >= 0.3 is 0 Å². The molecule has 6 nitrogen and oxygen atoms in total. The van der Waals surface area contributed by atoms with Gasteiger partial charge in [-0.1, -0.05) is 0 Å². The van der Waals surface area contributed by atoms with Crippen LogP contribution >= 0.6 is 0 Å². The molecule has 2 heterocycles. The molecule has 0 radical (unpaired) electrons. The Labute approximate surface area is 85.4 Å². The molecular formula is C9H7N5O. The highest BCUT2D eigenvalue weighted by molar-refractivity contribution is 6.02. The molecule has 1 N–H and O–H groups in total. The molecule has 2 aromatic heterocycles. The largest absolute Gasteiger partial charge is 0.318 e. The SMILES string of the molecule is O=C(Nc1cncnc1)c1cccnn1. The molecule has 0 spiro atoms. The molecule has 0 aliphatic rings. The summed E-state index contributed by atoms with van der Waals surface area (Å²) in [7, 11) is 0. The fourth-order valence-corrected chi connectivity index (χ4v) is 0.981. The molecule has 0 saturated heterocycles. The van der Waals surface area contributed by atoms with Crippen molar-refractivity contribution < 1.29 is 4.79 Å². The molecule has 0 atom stereocenters. The second-order valence-corrected chi connectivity index (χ2v) is 2.69. The Bertz CT molecular complexity index is 445. The number of carbonyl (C=O) groups excluding carboxylic acids is 1. The predicted molar refractivity (Wildman–Crippen MR) is 52.0 cm³/mol. The summed E-state index contributed by atoms with van der Waals surface area (Å²) in [5, 5.41) is 9.87. The van der Waals surface area contributed by atoms with Crippen LogP contribution < -0.4 is 5.32 Å². The number of nitrogens with one attached hydrogen (secondary N) is 1. The van der Waals surface area contributed by atoms with Gasteiger partial charge < -0.3 is 5.32 Å². The van der Waals surface area contributed by atoms with Gasteiger partial charge in [-0.2, -0.15) is 5.10 Å². The van der Waals surface area contributed by atoms with Crippen LogP contribution in [0.4, 0.5) is 5.69 Å². The van der Waals surface area contributed by atoms with Gasteiger partial charge in [-0.3, -0.25) is 4.79 Å². The number of amides is 1. The first-order chi connectivity index (χ1) is 7.36. The molecule has 0 aromatic carbocycles. The van der Waals surface area contributed by atoms with E-state index < -0.39 is 0 Å². The number of hydrogen-bond donors (Lipinski definition) is 1. The van der Waals surface area contributed by atoms with Gasteiger partial charge in [-0.15, -0.1) is 5.10 Å². The summed E-state index contributed by atoms with van der Waals surface area (Å²) in [6.07, 6.45) is 5.89. The first-order valence-corrected chi connectivity index (χ1v) is 4.20. The molecule has 2 aromatic rings. The molecule has 2 rings (SSSR count). The van der Waals surface area contributed by atoms with Crippen molar-refractivity contribution in [1.29, 1.82) is 0 Å². The molecule has 0 aliphatic carbocycles. The van der Waals surface area contributed by atoms with E-state index in [1.807, 2.05) is 0 Å². The van der Waals surface area contributed by atoms with Crippen molar-refractivity contribution in [3.8, 4) is 0 Å². The zero-order chi connectivity index (χ0) is 10.5.